The molecule has 1 aliphatic carbocycles. The van der Waals surface area contributed by atoms with Crippen LogP contribution in [0, 0.1) is 11.2 Å². The molecule has 0 amide bonds. The molecule has 0 heterocycles. The molecule has 164 valence electrons. The van der Waals surface area contributed by atoms with E-state index in [4.69, 9.17) is 0 Å². The first-order valence-corrected chi connectivity index (χ1v) is 11.7. The van der Waals surface area contributed by atoms with Gasteiger partial charge in [-0.2, -0.15) is 0 Å². The van der Waals surface area contributed by atoms with Crippen molar-refractivity contribution in [3.63, 3.8) is 0 Å². The summed E-state index contributed by atoms with van der Waals surface area (Å²) in [6, 6.07) is 12.7. The molecular formula is C22H30FN3O3S. The van der Waals surface area contributed by atoms with Gasteiger partial charge in [0, 0.05) is 49.5 Å². The topological polar surface area (TPSA) is 90.5 Å². The summed E-state index contributed by atoms with van der Waals surface area (Å²) >= 11 is 0. The number of halogens is 1. The van der Waals surface area contributed by atoms with Crippen LogP contribution in [-0.2, 0) is 16.4 Å². The van der Waals surface area contributed by atoms with E-state index in [2.05, 4.69) is 15.4 Å². The first-order chi connectivity index (χ1) is 14.4. The zero-order valence-electron chi connectivity index (χ0n) is 17.2. The molecule has 30 heavy (non-hydrogen) atoms. The van der Waals surface area contributed by atoms with E-state index >= 15 is 0 Å². The molecule has 4 N–H and O–H groups in total. The summed E-state index contributed by atoms with van der Waals surface area (Å²) in [6.45, 7) is 1.16. The molecule has 1 aliphatic rings. The van der Waals surface area contributed by atoms with Crippen LogP contribution >= 0.6 is 0 Å². The Hall–Kier alpha value is -2.00. The number of benzene rings is 2. The number of nitrogens with one attached hydrogen (secondary N) is 3. The van der Waals surface area contributed by atoms with Crippen molar-refractivity contribution in [3.05, 3.63) is 59.9 Å². The van der Waals surface area contributed by atoms with Crippen molar-refractivity contribution in [1.29, 1.82) is 0 Å². The van der Waals surface area contributed by atoms with Gasteiger partial charge in [0.2, 0.25) is 10.0 Å². The van der Waals surface area contributed by atoms with Crippen LogP contribution in [0.4, 0.5) is 10.1 Å². The van der Waals surface area contributed by atoms with Gasteiger partial charge in [0.1, 0.15) is 5.82 Å². The minimum absolute atomic E-state index is 0.0757. The lowest BCUT2D eigenvalue weighted by atomic mass is 10.0. The molecule has 3 rings (SSSR count). The van der Waals surface area contributed by atoms with Gasteiger partial charge < -0.3 is 15.7 Å². The van der Waals surface area contributed by atoms with Crippen LogP contribution in [0.5, 0.6) is 0 Å². The Morgan fingerprint density at radius 2 is 1.87 bits per heavy atom. The van der Waals surface area contributed by atoms with Gasteiger partial charge >= 0.3 is 0 Å². The van der Waals surface area contributed by atoms with Crippen molar-refractivity contribution in [2.45, 2.75) is 36.6 Å². The lowest BCUT2D eigenvalue weighted by Gasteiger charge is -2.22. The average Bonchev–Trinajstić information content (AvgIpc) is 3.53. The van der Waals surface area contributed by atoms with Crippen LogP contribution < -0.4 is 15.4 Å². The van der Waals surface area contributed by atoms with Crippen LogP contribution in [0.1, 0.15) is 24.8 Å². The van der Waals surface area contributed by atoms with Crippen molar-refractivity contribution >= 4 is 15.7 Å². The fourth-order valence-electron chi connectivity index (χ4n) is 3.53. The second kappa shape index (κ2) is 9.87. The number of rotatable bonds is 12. The largest absolute Gasteiger partial charge is 0.396 e. The molecule has 8 heteroatoms. The molecule has 0 aromatic heterocycles. The van der Waals surface area contributed by atoms with E-state index < -0.39 is 16.1 Å². The van der Waals surface area contributed by atoms with Crippen molar-refractivity contribution in [1.82, 2.24) is 10.0 Å². The van der Waals surface area contributed by atoms with E-state index in [1.54, 1.807) is 49.5 Å². The molecule has 1 saturated carbocycles. The van der Waals surface area contributed by atoms with Crippen LogP contribution in [0.2, 0.25) is 0 Å². The quantitative estimate of drug-likeness (QED) is 0.411. The third kappa shape index (κ3) is 5.78. The Morgan fingerprint density at radius 1 is 1.13 bits per heavy atom. The summed E-state index contributed by atoms with van der Waals surface area (Å²) in [6.07, 6.45) is 2.76. The lowest BCUT2D eigenvalue weighted by Crippen LogP contribution is -2.43. The Morgan fingerprint density at radius 3 is 2.50 bits per heavy atom. The fraction of sp³-hybridized carbons (Fsp3) is 0.455. The highest BCUT2D eigenvalue weighted by atomic mass is 32.2. The Labute approximate surface area is 178 Å². The summed E-state index contributed by atoms with van der Waals surface area (Å²) < 4.78 is 42.7. The van der Waals surface area contributed by atoms with Gasteiger partial charge in [0.05, 0.1) is 4.90 Å². The second-order valence-corrected chi connectivity index (χ2v) is 9.69. The van der Waals surface area contributed by atoms with Crippen molar-refractivity contribution in [2.75, 3.05) is 32.1 Å². The Kier molecular flexibility index (Phi) is 7.46. The SMILES string of the molecule is CNc1cccc(F)c1CC[C@@H](CNCC1(CO)CC1)NS(=O)(=O)c1ccccc1. The first kappa shape index (κ1) is 22.7. The second-order valence-electron chi connectivity index (χ2n) is 7.97. The maximum atomic E-state index is 14.3. The smallest absolute Gasteiger partial charge is 0.240 e. The summed E-state index contributed by atoms with van der Waals surface area (Å²) in [7, 11) is -1.96. The molecule has 1 fully saturated rings. The maximum Gasteiger partial charge on any atom is 0.240 e. The zero-order valence-corrected chi connectivity index (χ0v) is 18.0. The van der Waals surface area contributed by atoms with Gasteiger partial charge in [-0.3, -0.25) is 0 Å². The van der Waals surface area contributed by atoms with Gasteiger partial charge in [0.15, 0.2) is 0 Å². The molecule has 0 saturated heterocycles. The third-order valence-corrected chi connectivity index (χ3v) is 7.23. The molecule has 6 nitrogen and oxygen atoms in total. The predicted molar refractivity (Wildman–Crippen MR) is 116 cm³/mol. The maximum absolute atomic E-state index is 14.3. The summed E-state index contributed by atoms with van der Waals surface area (Å²) in [5.41, 5.74) is 1.16. The highest BCUT2D eigenvalue weighted by molar-refractivity contribution is 7.89. The minimum atomic E-state index is -3.69. The van der Waals surface area contributed by atoms with Gasteiger partial charge in [0.25, 0.3) is 0 Å². The molecule has 2 aromatic carbocycles. The monoisotopic (exact) mass is 435 g/mol. The van der Waals surface area contributed by atoms with Crippen LogP contribution in [-0.4, -0.2) is 46.3 Å². The molecule has 0 aliphatic heterocycles. The van der Waals surface area contributed by atoms with E-state index in [9.17, 15) is 17.9 Å². The third-order valence-electron chi connectivity index (χ3n) is 5.69. The fourth-order valence-corrected chi connectivity index (χ4v) is 4.83. The van der Waals surface area contributed by atoms with E-state index in [1.165, 1.54) is 6.07 Å². The number of sulfonamides is 1. The number of hydrogen-bond acceptors (Lipinski definition) is 5. The van der Waals surface area contributed by atoms with Gasteiger partial charge in [-0.15, -0.1) is 0 Å². The van der Waals surface area contributed by atoms with Crippen LogP contribution in [0.25, 0.3) is 0 Å². The normalized spacial score (nSPS) is 16.2. The molecule has 0 spiro atoms. The van der Waals surface area contributed by atoms with Crippen LogP contribution in [0.3, 0.4) is 0 Å². The molecule has 0 bridgehead atoms. The van der Waals surface area contributed by atoms with E-state index in [1.807, 2.05) is 0 Å². The van der Waals surface area contributed by atoms with Crippen molar-refractivity contribution < 1.29 is 17.9 Å². The van der Waals surface area contributed by atoms with Gasteiger partial charge in [-0.05, 0) is 49.9 Å². The summed E-state index contributed by atoms with van der Waals surface area (Å²) in [4.78, 5) is 0.200. The Bertz CT molecular complexity index is 934. The average molecular weight is 436 g/mol. The van der Waals surface area contributed by atoms with E-state index in [-0.39, 0.29) is 22.7 Å². The predicted octanol–water partition coefficient (Wildman–Crippen LogP) is 2.51. The summed E-state index contributed by atoms with van der Waals surface area (Å²) in [5.74, 6) is -0.309. The van der Waals surface area contributed by atoms with Crippen molar-refractivity contribution in [2.24, 2.45) is 5.41 Å². The molecule has 0 radical (unpaired) electrons. The molecule has 1 atom stereocenters. The minimum Gasteiger partial charge on any atom is -0.396 e. The molecule has 2 aromatic rings. The number of hydrogen-bond donors (Lipinski definition) is 4. The first-order valence-electron chi connectivity index (χ1n) is 10.2. The lowest BCUT2D eigenvalue weighted by molar-refractivity contribution is 0.207. The van der Waals surface area contributed by atoms with Crippen molar-refractivity contribution in [3.8, 4) is 0 Å². The Balaban J connectivity index is 1.70. The van der Waals surface area contributed by atoms with Gasteiger partial charge in [-0.25, -0.2) is 17.5 Å². The van der Waals surface area contributed by atoms with E-state index in [0.29, 0.717) is 37.2 Å². The number of aliphatic hydroxyl groups excluding tert-OH is 1. The van der Waals surface area contributed by atoms with E-state index in [0.717, 1.165) is 12.8 Å². The molecule has 0 unspecified atom stereocenters. The van der Waals surface area contributed by atoms with Crippen LogP contribution in [0.15, 0.2) is 53.4 Å². The number of aliphatic hydroxyl groups is 1. The van der Waals surface area contributed by atoms with Gasteiger partial charge in [-0.1, -0.05) is 24.3 Å². The zero-order chi connectivity index (χ0) is 21.6. The molecular weight excluding hydrogens is 405 g/mol. The summed E-state index contributed by atoms with van der Waals surface area (Å²) in [5, 5.41) is 15.8. The highest BCUT2D eigenvalue weighted by Gasteiger charge is 2.41. The standard InChI is InChI=1S/C22H30FN3O3S/c1-24-21-9-5-8-20(23)19(21)11-10-17(14-25-15-22(16-27)12-13-22)26-30(28,29)18-6-3-2-4-7-18/h2-9,17,24-27H,10-16H2,1H3/t17-/m0/s1. The highest BCUT2D eigenvalue weighted by Crippen LogP contribution is 2.44. The number of anilines is 1.